The van der Waals surface area contributed by atoms with Crippen LogP contribution in [0.4, 0.5) is 5.13 Å². The number of methoxy groups -OCH3 is 2. The fraction of sp³-hybridized carbons (Fsp3) is 0.444. The van der Waals surface area contributed by atoms with Gasteiger partial charge in [-0.2, -0.15) is 0 Å². The molecule has 0 bridgehead atoms. The fourth-order valence-electron chi connectivity index (χ4n) is 2.00. The molecule has 0 spiro atoms. The standard InChI is InChI=1S/C18H27N3O2S/c1-7-8-16(14(4)23-6)17(9-10-22-5)19-11-15-12-24-18(21-15)20-13(2)3/h7-13,16-17H,4H2,1-3,5-6H3,(H,20,21)/b8-7-,10-9+,19-11?. The highest BCUT2D eigenvalue weighted by atomic mass is 32.1. The third-order valence-electron chi connectivity index (χ3n) is 3.13. The Labute approximate surface area is 148 Å². The van der Waals surface area contributed by atoms with Crippen LogP contribution in [-0.2, 0) is 9.47 Å². The second-order valence-corrected chi connectivity index (χ2v) is 6.29. The summed E-state index contributed by atoms with van der Waals surface area (Å²) < 4.78 is 10.3. The Kier molecular flexibility index (Phi) is 8.86. The predicted octanol–water partition coefficient (Wildman–Crippen LogP) is 4.26. The summed E-state index contributed by atoms with van der Waals surface area (Å²) in [5.74, 6) is 0.575. The topological polar surface area (TPSA) is 55.7 Å². The highest BCUT2D eigenvalue weighted by Crippen LogP contribution is 2.21. The Hall–Kier alpha value is -2.08. The molecule has 0 fully saturated rings. The molecular formula is C18H27N3O2S. The first-order valence-corrected chi connectivity index (χ1v) is 8.70. The number of thiazole rings is 1. The third-order valence-corrected chi connectivity index (χ3v) is 3.92. The van der Waals surface area contributed by atoms with Gasteiger partial charge >= 0.3 is 0 Å². The van der Waals surface area contributed by atoms with Gasteiger partial charge in [0.15, 0.2) is 5.13 Å². The van der Waals surface area contributed by atoms with E-state index in [0.717, 1.165) is 10.8 Å². The second kappa shape index (κ2) is 10.6. The molecule has 1 aromatic heterocycles. The van der Waals surface area contributed by atoms with Crippen molar-refractivity contribution in [1.29, 1.82) is 0 Å². The van der Waals surface area contributed by atoms with Crippen molar-refractivity contribution in [2.24, 2.45) is 10.9 Å². The van der Waals surface area contributed by atoms with Gasteiger partial charge in [0, 0.05) is 17.6 Å². The molecule has 1 rings (SSSR count). The average molecular weight is 350 g/mol. The Morgan fingerprint density at radius 2 is 2.12 bits per heavy atom. The van der Waals surface area contributed by atoms with Gasteiger partial charge < -0.3 is 14.8 Å². The number of ether oxygens (including phenoxy) is 2. The lowest BCUT2D eigenvalue weighted by molar-refractivity contribution is 0.252. The molecule has 0 aliphatic carbocycles. The van der Waals surface area contributed by atoms with Crippen LogP contribution in [0.5, 0.6) is 0 Å². The summed E-state index contributed by atoms with van der Waals surface area (Å²) in [4.78, 5) is 9.15. The van der Waals surface area contributed by atoms with Gasteiger partial charge in [-0.3, -0.25) is 4.99 Å². The summed E-state index contributed by atoms with van der Waals surface area (Å²) >= 11 is 1.56. The zero-order valence-electron chi connectivity index (χ0n) is 15.0. The number of hydrogen-bond donors (Lipinski definition) is 1. The van der Waals surface area contributed by atoms with Crippen molar-refractivity contribution in [3.05, 3.63) is 47.9 Å². The molecule has 0 aromatic carbocycles. The van der Waals surface area contributed by atoms with Crippen molar-refractivity contribution in [1.82, 2.24) is 4.98 Å². The monoisotopic (exact) mass is 349 g/mol. The highest BCUT2D eigenvalue weighted by Gasteiger charge is 2.19. The maximum absolute atomic E-state index is 5.31. The Bertz CT molecular complexity index is 591. The van der Waals surface area contributed by atoms with Crippen molar-refractivity contribution in [3.8, 4) is 0 Å². The fourth-order valence-corrected chi connectivity index (χ4v) is 2.81. The Balaban J connectivity index is 2.97. The molecule has 0 radical (unpaired) electrons. The molecule has 0 amide bonds. The van der Waals surface area contributed by atoms with Gasteiger partial charge in [-0.15, -0.1) is 11.3 Å². The first-order chi connectivity index (χ1) is 11.5. The minimum atomic E-state index is -0.184. The molecule has 1 heterocycles. The minimum absolute atomic E-state index is 0.0745. The first-order valence-electron chi connectivity index (χ1n) is 7.82. The number of nitrogens with zero attached hydrogens (tertiary/aromatic N) is 2. The average Bonchev–Trinajstić information content (AvgIpc) is 2.99. The molecule has 1 N–H and O–H groups in total. The van der Waals surface area contributed by atoms with Gasteiger partial charge in [0.2, 0.25) is 0 Å². The van der Waals surface area contributed by atoms with Gasteiger partial charge in [-0.05, 0) is 26.8 Å². The molecular weight excluding hydrogens is 322 g/mol. The smallest absolute Gasteiger partial charge is 0.183 e. The lowest BCUT2D eigenvalue weighted by atomic mass is 9.97. The van der Waals surface area contributed by atoms with Crippen LogP contribution in [-0.4, -0.2) is 37.5 Å². The van der Waals surface area contributed by atoms with E-state index in [4.69, 9.17) is 9.47 Å². The van der Waals surface area contributed by atoms with Crippen LogP contribution >= 0.6 is 11.3 Å². The minimum Gasteiger partial charge on any atom is -0.505 e. The molecule has 0 saturated carbocycles. The molecule has 1 aromatic rings. The van der Waals surface area contributed by atoms with Crippen LogP contribution in [0, 0.1) is 5.92 Å². The zero-order chi connectivity index (χ0) is 17.9. The third kappa shape index (κ3) is 6.58. The summed E-state index contributed by atoms with van der Waals surface area (Å²) in [6.07, 6.45) is 9.25. The van der Waals surface area contributed by atoms with Crippen LogP contribution in [0.1, 0.15) is 26.5 Å². The van der Waals surface area contributed by atoms with Crippen molar-refractivity contribution in [2.45, 2.75) is 32.9 Å². The zero-order valence-corrected chi connectivity index (χ0v) is 15.8. The summed E-state index contributed by atoms with van der Waals surface area (Å²) in [6.45, 7) is 10.1. The maximum Gasteiger partial charge on any atom is 0.183 e. The molecule has 0 aliphatic heterocycles. The molecule has 0 saturated heterocycles. The molecule has 5 nitrogen and oxygen atoms in total. The van der Waals surface area contributed by atoms with Crippen LogP contribution in [0.3, 0.4) is 0 Å². The number of nitrogens with one attached hydrogen (secondary N) is 1. The summed E-state index contributed by atoms with van der Waals surface area (Å²) in [7, 11) is 3.22. The van der Waals surface area contributed by atoms with E-state index in [2.05, 4.69) is 35.7 Å². The summed E-state index contributed by atoms with van der Waals surface area (Å²) in [5.41, 5.74) is 0.821. The van der Waals surface area contributed by atoms with E-state index in [1.54, 1.807) is 38.0 Å². The summed E-state index contributed by atoms with van der Waals surface area (Å²) in [5, 5.41) is 6.15. The number of hydrogen-bond acceptors (Lipinski definition) is 6. The number of aliphatic imine (C=N–C) groups is 1. The van der Waals surface area contributed by atoms with Gasteiger partial charge in [0.05, 0.1) is 43.9 Å². The van der Waals surface area contributed by atoms with Gasteiger partial charge in [0.1, 0.15) is 0 Å². The molecule has 2 unspecified atom stereocenters. The van der Waals surface area contributed by atoms with Crippen LogP contribution in [0.2, 0.25) is 0 Å². The largest absolute Gasteiger partial charge is 0.505 e. The normalized spacial score (nSPS) is 14.6. The maximum atomic E-state index is 5.31. The Morgan fingerprint density at radius 1 is 1.38 bits per heavy atom. The number of aromatic nitrogens is 1. The molecule has 24 heavy (non-hydrogen) atoms. The Morgan fingerprint density at radius 3 is 2.71 bits per heavy atom. The highest BCUT2D eigenvalue weighted by molar-refractivity contribution is 7.13. The van der Waals surface area contributed by atoms with E-state index >= 15 is 0 Å². The van der Waals surface area contributed by atoms with Gasteiger partial charge in [-0.1, -0.05) is 18.7 Å². The second-order valence-electron chi connectivity index (χ2n) is 5.43. The summed E-state index contributed by atoms with van der Waals surface area (Å²) in [6, 6.07) is 0.166. The lowest BCUT2D eigenvalue weighted by Gasteiger charge is -2.19. The van der Waals surface area contributed by atoms with E-state index in [9.17, 15) is 0 Å². The van der Waals surface area contributed by atoms with Crippen LogP contribution < -0.4 is 5.32 Å². The van der Waals surface area contributed by atoms with Crippen molar-refractivity contribution < 1.29 is 9.47 Å². The quantitative estimate of drug-likeness (QED) is 0.389. The van der Waals surface area contributed by atoms with Gasteiger partial charge in [-0.25, -0.2) is 4.98 Å². The first kappa shape index (κ1) is 20.0. The van der Waals surface area contributed by atoms with Crippen molar-refractivity contribution in [3.63, 3.8) is 0 Å². The molecule has 2 atom stereocenters. The number of rotatable bonds is 10. The van der Waals surface area contributed by atoms with Crippen LogP contribution in [0.15, 0.2) is 47.2 Å². The van der Waals surface area contributed by atoms with E-state index in [-0.39, 0.29) is 12.0 Å². The lowest BCUT2D eigenvalue weighted by Crippen LogP contribution is -2.18. The SMILES string of the molecule is C=C(OC)C(/C=C\C)C(/C=C/OC)N=Cc1csc(NC(C)C)n1. The molecule has 132 valence electrons. The van der Waals surface area contributed by atoms with Gasteiger partial charge in [0.25, 0.3) is 0 Å². The predicted molar refractivity (Wildman–Crippen MR) is 103 cm³/mol. The van der Waals surface area contributed by atoms with E-state index < -0.39 is 0 Å². The van der Waals surface area contributed by atoms with E-state index in [0.29, 0.717) is 11.8 Å². The number of allylic oxidation sites excluding steroid dienone is 1. The molecule has 0 aliphatic rings. The van der Waals surface area contributed by atoms with E-state index in [1.165, 1.54) is 0 Å². The van der Waals surface area contributed by atoms with Crippen molar-refractivity contribution in [2.75, 3.05) is 19.5 Å². The molecule has 6 heteroatoms. The van der Waals surface area contributed by atoms with Crippen molar-refractivity contribution >= 4 is 22.7 Å². The van der Waals surface area contributed by atoms with Crippen LogP contribution in [0.25, 0.3) is 0 Å². The number of anilines is 1. The van der Waals surface area contributed by atoms with E-state index in [1.807, 2.05) is 30.5 Å².